The van der Waals surface area contributed by atoms with Crippen molar-refractivity contribution in [3.8, 4) is 11.5 Å². The number of amides is 1. The van der Waals surface area contributed by atoms with Crippen LogP contribution in [0.5, 0.6) is 11.5 Å². The Morgan fingerprint density at radius 2 is 1.75 bits per heavy atom. The normalized spacial score (nSPS) is 17.8. The van der Waals surface area contributed by atoms with E-state index in [0.717, 1.165) is 74.9 Å². The predicted molar refractivity (Wildman–Crippen MR) is 179 cm³/mol. The third-order valence-corrected chi connectivity index (χ3v) is 9.23. The Morgan fingerprint density at radius 3 is 2.39 bits per heavy atom. The van der Waals surface area contributed by atoms with Crippen LogP contribution in [0.3, 0.4) is 0 Å². The summed E-state index contributed by atoms with van der Waals surface area (Å²) in [5.41, 5.74) is 3.34. The zero-order valence-electron chi connectivity index (χ0n) is 29.0. The van der Waals surface area contributed by atoms with Crippen molar-refractivity contribution in [3.05, 3.63) is 34.9 Å². The molecule has 0 N–H and O–H groups in total. The van der Waals surface area contributed by atoms with E-state index in [1.54, 1.807) is 0 Å². The van der Waals surface area contributed by atoms with E-state index >= 15 is 0 Å². The molecule has 0 spiro atoms. The molecule has 1 heterocycles. The average molecular weight is 613 g/mol. The predicted octanol–water partition coefficient (Wildman–Crippen LogP) is 7.80. The first-order chi connectivity index (χ1) is 20.9. The van der Waals surface area contributed by atoms with E-state index in [4.69, 9.17) is 14.2 Å². The highest BCUT2D eigenvalue weighted by Gasteiger charge is 2.30. The number of carbonyl (C=O) groups is 2. The van der Waals surface area contributed by atoms with Crippen LogP contribution in [0.25, 0.3) is 0 Å². The number of unbranched alkanes of at least 4 members (excludes halogenated alkanes) is 1. The molecular formula is C37H60N2O5. The van der Waals surface area contributed by atoms with Gasteiger partial charge in [0.1, 0.15) is 11.5 Å². The summed E-state index contributed by atoms with van der Waals surface area (Å²) >= 11 is 0. The number of allylic oxidation sites excluding steroid dienone is 2. The SMILES string of the molecule is CCN(CCCC(=O)Oc1cc(C(C)(C)CCCCC(=O)N2CCOCC2)cc(OC(C)C)c1C1CCC=C(C)C1)C(C)C. The van der Waals surface area contributed by atoms with Crippen molar-refractivity contribution in [3.63, 3.8) is 0 Å². The zero-order valence-corrected chi connectivity index (χ0v) is 29.0. The quantitative estimate of drug-likeness (QED) is 0.0821. The van der Waals surface area contributed by atoms with Crippen LogP contribution in [0.4, 0.5) is 0 Å². The molecule has 0 radical (unpaired) electrons. The van der Waals surface area contributed by atoms with Gasteiger partial charge in [-0.05, 0) is 115 Å². The van der Waals surface area contributed by atoms with Gasteiger partial charge in [-0.1, -0.05) is 38.8 Å². The first kappa shape index (κ1) is 36.1. The minimum atomic E-state index is -0.182. The van der Waals surface area contributed by atoms with Crippen molar-refractivity contribution >= 4 is 11.9 Å². The van der Waals surface area contributed by atoms with Gasteiger partial charge in [0.25, 0.3) is 0 Å². The van der Waals surface area contributed by atoms with Crippen LogP contribution in [-0.4, -0.2) is 73.2 Å². The van der Waals surface area contributed by atoms with Crippen LogP contribution >= 0.6 is 0 Å². The number of hydrogen-bond donors (Lipinski definition) is 0. The van der Waals surface area contributed by atoms with Gasteiger partial charge in [0.15, 0.2) is 0 Å². The highest BCUT2D eigenvalue weighted by molar-refractivity contribution is 5.76. The molecule has 0 saturated carbocycles. The second kappa shape index (κ2) is 17.4. The minimum absolute atomic E-state index is 0.00171. The number of carbonyl (C=O) groups excluding carboxylic acids is 2. The zero-order chi connectivity index (χ0) is 32.3. The lowest BCUT2D eigenvalue weighted by Crippen LogP contribution is -2.40. The van der Waals surface area contributed by atoms with Crippen molar-refractivity contribution in [1.82, 2.24) is 9.80 Å². The van der Waals surface area contributed by atoms with E-state index in [1.807, 2.05) is 4.90 Å². The molecule has 1 amide bonds. The first-order valence-electron chi connectivity index (χ1n) is 17.2. The van der Waals surface area contributed by atoms with Crippen molar-refractivity contribution in [1.29, 1.82) is 0 Å². The molecule has 1 atom stereocenters. The Kier molecular flexibility index (Phi) is 14.2. The first-order valence-corrected chi connectivity index (χ1v) is 17.2. The van der Waals surface area contributed by atoms with Gasteiger partial charge in [-0.25, -0.2) is 0 Å². The van der Waals surface area contributed by atoms with Crippen LogP contribution in [0.15, 0.2) is 23.8 Å². The van der Waals surface area contributed by atoms with E-state index in [-0.39, 0.29) is 29.3 Å². The van der Waals surface area contributed by atoms with E-state index < -0.39 is 0 Å². The lowest BCUT2D eigenvalue weighted by molar-refractivity contribution is -0.135. The summed E-state index contributed by atoms with van der Waals surface area (Å²) in [4.78, 5) is 30.3. The lowest BCUT2D eigenvalue weighted by atomic mass is 9.77. The molecule has 7 heteroatoms. The monoisotopic (exact) mass is 612 g/mol. The average Bonchev–Trinajstić information content (AvgIpc) is 2.97. The smallest absolute Gasteiger partial charge is 0.311 e. The molecule has 1 aromatic carbocycles. The molecule has 1 aliphatic carbocycles. The molecule has 1 fully saturated rings. The minimum Gasteiger partial charge on any atom is -0.491 e. The van der Waals surface area contributed by atoms with E-state index in [9.17, 15) is 9.59 Å². The molecule has 2 aliphatic rings. The molecule has 1 aromatic rings. The van der Waals surface area contributed by atoms with Gasteiger partial charge < -0.3 is 24.0 Å². The van der Waals surface area contributed by atoms with E-state index in [1.165, 1.54) is 5.57 Å². The van der Waals surface area contributed by atoms with Crippen molar-refractivity contribution in [2.75, 3.05) is 39.4 Å². The number of benzene rings is 1. The van der Waals surface area contributed by atoms with E-state index in [0.29, 0.717) is 50.9 Å². The summed E-state index contributed by atoms with van der Waals surface area (Å²) in [6, 6.07) is 4.76. The number of hydrogen-bond acceptors (Lipinski definition) is 6. The van der Waals surface area contributed by atoms with Crippen molar-refractivity contribution in [2.24, 2.45) is 0 Å². The van der Waals surface area contributed by atoms with Crippen LogP contribution in [0, 0.1) is 0 Å². The largest absolute Gasteiger partial charge is 0.491 e. The molecule has 1 saturated heterocycles. The molecule has 248 valence electrons. The Morgan fingerprint density at radius 1 is 1.05 bits per heavy atom. The number of morpholine rings is 1. The molecule has 0 bridgehead atoms. The summed E-state index contributed by atoms with van der Waals surface area (Å²) in [6.45, 7) is 21.9. The Hall–Kier alpha value is -2.38. The fraction of sp³-hybridized carbons (Fsp3) is 0.730. The molecule has 1 unspecified atom stereocenters. The Balaban J connectivity index is 1.82. The summed E-state index contributed by atoms with van der Waals surface area (Å²) in [6.07, 6.45) is 9.74. The third-order valence-electron chi connectivity index (χ3n) is 9.23. The van der Waals surface area contributed by atoms with Gasteiger partial charge in [-0.15, -0.1) is 0 Å². The summed E-state index contributed by atoms with van der Waals surface area (Å²) in [5, 5.41) is 0. The van der Waals surface area contributed by atoms with Crippen molar-refractivity contribution in [2.45, 2.75) is 137 Å². The van der Waals surface area contributed by atoms with Gasteiger partial charge in [0.05, 0.1) is 19.3 Å². The van der Waals surface area contributed by atoms with Gasteiger partial charge >= 0.3 is 5.97 Å². The molecule has 7 nitrogen and oxygen atoms in total. The maximum atomic E-state index is 13.3. The highest BCUT2D eigenvalue weighted by atomic mass is 16.5. The van der Waals surface area contributed by atoms with E-state index in [2.05, 4.69) is 78.5 Å². The van der Waals surface area contributed by atoms with Gasteiger partial charge in [0.2, 0.25) is 5.91 Å². The molecule has 1 aliphatic heterocycles. The van der Waals surface area contributed by atoms with Gasteiger partial charge in [-0.2, -0.15) is 0 Å². The lowest BCUT2D eigenvalue weighted by Gasteiger charge is -2.31. The number of rotatable bonds is 16. The van der Waals surface area contributed by atoms with Crippen LogP contribution in [0.2, 0.25) is 0 Å². The molecular weight excluding hydrogens is 552 g/mol. The summed E-state index contributed by atoms with van der Waals surface area (Å²) in [5.74, 6) is 1.80. The second-order valence-electron chi connectivity index (χ2n) is 14.0. The number of nitrogens with zero attached hydrogens (tertiary/aromatic N) is 2. The molecule has 3 rings (SSSR count). The maximum absolute atomic E-state index is 13.3. The topological polar surface area (TPSA) is 68.3 Å². The van der Waals surface area contributed by atoms with Gasteiger partial charge in [0, 0.05) is 37.5 Å². The second-order valence-corrected chi connectivity index (χ2v) is 14.0. The van der Waals surface area contributed by atoms with Crippen LogP contribution in [-0.2, 0) is 19.7 Å². The fourth-order valence-electron chi connectivity index (χ4n) is 6.52. The fourth-order valence-corrected chi connectivity index (χ4v) is 6.52. The Bertz CT molecular complexity index is 1100. The summed E-state index contributed by atoms with van der Waals surface area (Å²) in [7, 11) is 0. The molecule has 44 heavy (non-hydrogen) atoms. The van der Waals surface area contributed by atoms with Gasteiger partial charge in [-0.3, -0.25) is 9.59 Å². The summed E-state index contributed by atoms with van der Waals surface area (Å²) < 4.78 is 18.2. The maximum Gasteiger partial charge on any atom is 0.311 e. The van der Waals surface area contributed by atoms with Crippen LogP contribution in [0.1, 0.15) is 130 Å². The number of esters is 1. The van der Waals surface area contributed by atoms with Crippen LogP contribution < -0.4 is 9.47 Å². The highest BCUT2D eigenvalue weighted by Crippen LogP contribution is 2.46. The standard InChI is InChI=1S/C37H60N2O5/c1-9-38(27(2)3)19-13-17-35(41)44-33-26-31(25-32(43-28(4)5)36(33)30-15-12-14-29(6)24-30)37(7,8)18-11-10-16-34(40)39-20-22-42-23-21-39/h14,25-28,30H,9-13,15-24H2,1-8H3. The Labute approximate surface area is 267 Å². The number of ether oxygens (including phenoxy) is 3. The van der Waals surface area contributed by atoms with Crippen molar-refractivity contribution < 1.29 is 23.8 Å². The molecule has 0 aromatic heterocycles. The third kappa shape index (κ3) is 10.9.